The van der Waals surface area contributed by atoms with Crippen LogP contribution in [0.4, 0.5) is 11.4 Å². The molecule has 0 aromatic heterocycles. The number of hydrogen-bond acceptors (Lipinski definition) is 3. The van der Waals surface area contributed by atoms with Crippen LogP contribution in [0, 0.1) is 0 Å². The van der Waals surface area contributed by atoms with E-state index in [-0.39, 0.29) is 0 Å². The van der Waals surface area contributed by atoms with E-state index in [4.69, 9.17) is 10.5 Å². The van der Waals surface area contributed by atoms with E-state index in [2.05, 4.69) is 10.5 Å². The molecule has 0 unspecified atom stereocenters. The summed E-state index contributed by atoms with van der Waals surface area (Å²) in [6.45, 7) is 0. The molecule has 1 heterocycles. The molecule has 1 aromatic rings. The largest absolute Gasteiger partial charge is 0.492 e. The number of benzene rings is 1. The molecule has 0 atom stereocenters. The second kappa shape index (κ2) is 2.41. The molecule has 12 heavy (non-hydrogen) atoms. The summed E-state index contributed by atoms with van der Waals surface area (Å²) in [5, 5.41) is 3.77. The highest BCUT2D eigenvalue weighted by molar-refractivity contribution is 5.93. The van der Waals surface area contributed by atoms with Crippen molar-refractivity contribution in [2.45, 2.75) is 0 Å². The van der Waals surface area contributed by atoms with Crippen molar-refractivity contribution in [3.8, 4) is 5.75 Å². The van der Waals surface area contributed by atoms with E-state index in [1.165, 1.54) is 0 Å². The number of hydrogen-bond donors (Lipinski definition) is 1. The predicted molar refractivity (Wildman–Crippen MR) is 46.8 cm³/mol. The Balaban J connectivity index is 2.61. The van der Waals surface area contributed by atoms with Gasteiger partial charge < -0.3 is 10.5 Å². The highest BCUT2D eigenvalue weighted by Crippen LogP contribution is 2.35. The summed E-state index contributed by atoms with van der Waals surface area (Å²) < 4.78 is 5.09. The quantitative estimate of drug-likeness (QED) is 0.622. The zero-order valence-electron chi connectivity index (χ0n) is 6.61. The van der Waals surface area contributed by atoms with Crippen molar-refractivity contribution in [1.82, 2.24) is 5.43 Å². The van der Waals surface area contributed by atoms with Gasteiger partial charge in [-0.15, -0.1) is 5.43 Å². The van der Waals surface area contributed by atoms with Crippen molar-refractivity contribution in [2.24, 2.45) is 5.10 Å². The molecule has 2 N–H and O–H groups in total. The molecule has 0 aliphatic carbocycles. The van der Waals surface area contributed by atoms with Gasteiger partial charge in [-0.1, -0.05) is 0 Å². The molecular weight excluding hydrogens is 154 g/mol. The van der Waals surface area contributed by atoms with Crippen LogP contribution in [0.3, 0.4) is 0 Å². The van der Waals surface area contributed by atoms with Crippen molar-refractivity contribution >= 4 is 17.6 Å². The topological polar surface area (TPSA) is 61.7 Å². The van der Waals surface area contributed by atoms with E-state index in [0.29, 0.717) is 11.4 Å². The van der Waals surface area contributed by atoms with Gasteiger partial charge in [0.25, 0.3) is 0 Å². The third-order valence-electron chi connectivity index (χ3n) is 1.75. The molecule has 0 bridgehead atoms. The Bertz CT molecular complexity index is 346. The van der Waals surface area contributed by atoms with Gasteiger partial charge >= 0.3 is 0 Å². The average molecular weight is 162 g/mol. The van der Waals surface area contributed by atoms with Gasteiger partial charge in [0.1, 0.15) is 5.69 Å². The molecule has 4 heteroatoms. The van der Waals surface area contributed by atoms with Crippen LogP contribution in [0.15, 0.2) is 17.2 Å². The van der Waals surface area contributed by atoms with E-state index < -0.39 is 0 Å². The van der Waals surface area contributed by atoms with Gasteiger partial charge in [0.15, 0.2) is 5.75 Å². The molecule has 0 saturated heterocycles. The van der Waals surface area contributed by atoms with E-state index >= 15 is 0 Å². The van der Waals surface area contributed by atoms with Crippen molar-refractivity contribution in [3.63, 3.8) is 0 Å². The summed E-state index contributed by atoms with van der Waals surface area (Å²) in [5.41, 5.74) is 11.8. The third kappa shape index (κ3) is 0.812. The fourth-order valence-corrected chi connectivity index (χ4v) is 1.17. The smallest absolute Gasteiger partial charge is 0.169 e. The summed E-state index contributed by atoms with van der Waals surface area (Å²) in [6, 6.07) is 3.65. The standard InChI is InChI=1S/C8H8N3O/c1-12-8-6(9)3-2-5-4-10-11-7(5)8/h2-4H,9H2,1H3. The molecule has 0 saturated carbocycles. The first-order chi connectivity index (χ1) is 5.83. The minimum absolute atomic E-state index is 0.588. The Morgan fingerprint density at radius 1 is 1.42 bits per heavy atom. The lowest BCUT2D eigenvalue weighted by Crippen LogP contribution is -1.96. The zero-order chi connectivity index (χ0) is 8.55. The van der Waals surface area contributed by atoms with Crippen LogP contribution in [0.5, 0.6) is 5.75 Å². The lowest BCUT2D eigenvalue weighted by molar-refractivity contribution is 0.416. The molecule has 0 amide bonds. The maximum Gasteiger partial charge on any atom is 0.169 e. The number of nitrogen functional groups attached to an aromatic ring is 1. The van der Waals surface area contributed by atoms with Crippen LogP contribution in [0.25, 0.3) is 0 Å². The maximum atomic E-state index is 5.66. The monoisotopic (exact) mass is 162 g/mol. The first-order valence-electron chi connectivity index (χ1n) is 3.53. The average Bonchev–Trinajstić information content (AvgIpc) is 2.52. The van der Waals surface area contributed by atoms with Crippen LogP contribution in [-0.4, -0.2) is 13.3 Å². The maximum absolute atomic E-state index is 5.66. The lowest BCUT2D eigenvalue weighted by atomic mass is 10.1. The minimum Gasteiger partial charge on any atom is -0.492 e. The van der Waals surface area contributed by atoms with Crippen LogP contribution >= 0.6 is 0 Å². The predicted octanol–water partition coefficient (Wildman–Crippen LogP) is 0.861. The molecule has 0 spiro atoms. The van der Waals surface area contributed by atoms with Gasteiger partial charge in [-0.05, 0) is 12.1 Å². The number of rotatable bonds is 1. The summed E-state index contributed by atoms with van der Waals surface area (Å²) in [7, 11) is 1.57. The Morgan fingerprint density at radius 3 is 3.00 bits per heavy atom. The summed E-state index contributed by atoms with van der Waals surface area (Å²) in [6.07, 6.45) is 1.68. The molecule has 1 radical (unpaired) electrons. The molecule has 61 valence electrons. The van der Waals surface area contributed by atoms with E-state index in [1.54, 1.807) is 19.4 Å². The second-order valence-corrected chi connectivity index (χ2v) is 2.47. The fourth-order valence-electron chi connectivity index (χ4n) is 1.17. The van der Waals surface area contributed by atoms with Gasteiger partial charge in [-0.3, -0.25) is 0 Å². The Kier molecular flexibility index (Phi) is 1.40. The summed E-state index contributed by atoms with van der Waals surface area (Å²) >= 11 is 0. The van der Waals surface area contributed by atoms with Crippen LogP contribution in [0.2, 0.25) is 0 Å². The minimum atomic E-state index is 0.588. The first-order valence-corrected chi connectivity index (χ1v) is 3.53. The number of nitrogens with two attached hydrogens (primary N) is 1. The fraction of sp³-hybridized carbons (Fsp3) is 0.125. The highest BCUT2D eigenvalue weighted by Gasteiger charge is 2.15. The molecule has 1 aromatic carbocycles. The molecule has 0 fully saturated rings. The molecule has 1 aliphatic heterocycles. The van der Waals surface area contributed by atoms with E-state index in [1.807, 2.05) is 6.07 Å². The number of methoxy groups -OCH3 is 1. The molecule has 4 nitrogen and oxygen atoms in total. The van der Waals surface area contributed by atoms with Gasteiger partial charge in [-0.2, -0.15) is 5.10 Å². The molecule has 1 aliphatic rings. The second-order valence-electron chi connectivity index (χ2n) is 2.47. The van der Waals surface area contributed by atoms with Crippen molar-refractivity contribution in [3.05, 3.63) is 17.7 Å². The van der Waals surface area contributed by atoms with Crippen molar-refractivity contribution < 1.29 is 4.74 Å². The summed E-state index contributed by atoms with van der Waals surface area (Å²) in [5.74, 6) is 0.602. The highest BCUT2D eigenvalue weighted by atomic mass is 16.5. The van der Waals surface area contributed by atoms with E-state index in [9.17, 15) is 0 Å². The van der Waals surface area contributed by atoms with Gasteiger partial charge in [-0.25, -0.2) is 0 Å². The Morgan fingerprint density at radius 2 is 2.25 bits per heavy atom. The van der Waals surface area contributed by atoms with Gasteiger partial charge in [0.2, 0.25) is 0 Å². The number of fused-ring (bicyclic) bond motifs is 1. The third-order valence-corrected chi connectivity index (χ3v) is 1.75. The lowest BCUT2D eigenvalue weighted by Gasteiger charge is -2.07. The number of ether oxygens (including phenoxy) is 1. The normalized spacial score (nSPS) is 12.4. The van der Waals surface area contributed by atoms with Crippen LogP contribution in [0.1, 0.15) is 5.56 Å². The van der Waals surface area contributed by atoms with Gasteiger partial charge in [0, 0.05) is 5.56 Å². The first kappa shape index (κ1) is 6.97. The zero-order valence-corrected chi connectivity index (χ0v) is 6.61. The summed E-state index contributed by atoms with van der Waals surface area (Å²) in [4.78, 5) is 0. The number of anilines is 1. The molecule has 2 rings (SSSR count). The number of nitrogens with zero attached hydrogens (tertiary/aromatic N) is 2. The Hall–Kier alpha value is -1.71. The SMILES string of the molecule is COc1c(N)ccc2c1[N]N=C2. The van der Waals surface area contributed by atoms with Crippen molar-refractivity contribution in [1.29, 1.82) is 0 Å². The van der Waals surface area contributed by atoms with Crippen LogP contribution < -0.4 is 15.9 Å². The van der Waals surface area contributed by atoms with E-state index in [0.717, 1.165) is 11.3 Å². The molecular formula is C8H8N3O. The van der Waals surface area contributed by atoms with Crippen molar-refractivity contribution in [2.75, 3.05) is 12.8 Å². The van der Waals surface area contributed by atoms with Gasteiger partial charge in [0.05, 0.1) is 19.0 Å². The van der Waals surface area contributed by atoms with Crippen LogP contribution in [-0.2, 0) is 0 Å². The Labute approximate surface area is 70.0 Å².